The van der Waals surface area contributed by atoms with Crippen LogP contribution >= 0.6 is 23.5 Å². The second-order valence-corrected chi connectivity index (χ2v) is 7.47. The SMILES string of the molecule is C=Cc1ccc2c(c1)C1(CCC2)SCCS1. The molecule has 3 rings (SSSR count). The standard InChI is InChI=1S/C14H16S2/c1-2-11-5-6-12-4-3-7-14(13(12)10-11)15-8-9-16-14/h2,5-6,10H,1,3-4,7-9H2. The van der Waals surface area contributed by atoms with Crippen LogP contribution in [0.3, 0.4) is 0 Å². The van der Waals surface area contributed by atoms with Gasteiger partial charge < -0.3 is 0 Å². The molecule has 0 unspecified atom stereocenters. The Morgan fingerprint density at radius 2 is 2.06 bits per heavy atom. The van der Waals surface area contributed by atoms with E-state index in [1.165, 1.54) is 36.3 Å². The van der Waals surface area contributed by atoms with Gasteiger partial charge in [0.2, 0.25) is 0 Å². The molecule has 1 aliphatic heterocycles. The molecule has 0 atom stereocenters. The summed E-state index contributed by atoms with van der Waals surface area (Å²) in [7, 11) is 0. The van der Waals surface area contributed by atoms with Crippen molar-refractivity contribution < 1.29 is 0 Å². The third kappa shape index (κ3) is 1.63. The van der Waals surface area contributed by atoms with Crippen LogP contribution in [0.2, 0.25) is 0 Å². The molecular weight excluding hydrogens is 232 g/mol. The maximum Gasteiger partial charge on any atom is 0.0863 e. The average Bonchev–Trinajstić information content (AvgIpc) is 2.79. The molecule has 1 saturated heterocycles. The Balaban J connectivity index is 2.11. The zero-order valence-corrected chi connectivity index (χ0v) is 11.0. The van der Waals surface area contributed by atoms with Gasteiger partial charge in [-0.3, -0.25) is 0 Å². The van der Waals surface area contributed by atoms with Crippen LogP contribution in [0.15, 0.2) is 24.8 Å². The highest BCUT2D eigenvalue weighted by Crippen LogP contribution is 2.57. The van der Waals surface area contributed by atoms with Crippen LogP contribution in [-0.4, -0.2) is 11.5 Å². The minimum atomic E-state index is 0.382. The van der Waals surface area contributed by atoms with Gasteiger partial charge in [-0.25, -0.2) is 0 Å². The van der Waals surface area contributed by atoms with Crippen molar-refractivity contribution in [1.29, 1.82) is 0 Å². The summed E-state index contributed by atoms with van der Waals surface area (Å²) in [6.07, 6.45) is 5.92. The van der Waals surface area contributed by atoms with Gasteiger partial charge in [0.1, 0.15) is 0 Å². The lowest BCUT2D eigenvalue weighted by Crippen LogP contribution is -2.21. The van der Waals surface area contributed by atoms with E-state index in [9.17, 15) is 0 Å². The van der Waals surface area contributed by atoms with E-state index >= 15 is 0 Å². The molecule has 0 N–H and O–H groups in total. The lowest BCUT2D eigenvalue weighted by molar-refractivity contribution is 0.643. The van der Waals surface area contributed by atoms with Gasteiger partial charge in [-0.15, -0.1) is 23.5 Å². The predicted octanol–water partition coefficient (Wildman–Crippen LogP) is 4.30. The molecule has 0 bridgehead atoms. The topological polar surface area (TPSA) is 0 Å². The van der Waals surface area contributed by atoms with Crippen LogP contribution < -0.4 is 0 Å². The van der Waals surface area contributed by atoms with Gasteiger partial charge in [0.25, 0.3) is 0 Å². The van der Waals surface area contributed by atoms with Gasteiger partial charge in [0.15, 0.2) is 0 Å². The number of benzene rings is 1. The Labute approximate surface area is 106 Å². The van der Waals surface area contributed by atoms with Crippen molar-refractivity contribution in [1.82, 2.24) is 0 Å². The highest BCUT2D eigenvalue weighted by Gasteiger charge is 2.40. The number of aryl methyl sites for hydroxylation is 1. The first-order valence-electron chi connectivity index (χ1n) is 5.88. The predicted molar refractivity (Wildman–Crippen MR) is 76.1 cm³/mol. The Bertz CT molecular complexity index is 417. The summed E-state index contributed by atoms with van der Waals surface area (Å²) in [6, 6.07) is 6.88. The monoisotopic (exact) mass is 248 g/mol. The highest BCUT2D eigenvalue weighted by molar-refractivity contribution is 8.20. The maximum absolute atomic E-state index is 3.88. The lowest BCUT2D eigenvalue weighted by Gasteiger charge is -2.34. The van der Waals surface area contributed by atoms with E-state index < -0.39 is 0 Å². The van der Waals surface area contributed by atoms with E-state index in [1.54, 1.807) is 11.1 Å². The number of rotatable bonds is 1. The summed E-state index contributed by atoms with van der Waals surface area (Å²) in [5, 5.41) is 0. The molecule has 0 aromatic heterocycles. The fourth-order valence-electron chi connectivity index (χ4n) is 2.69. The van der Waals surface area contributed by atoms with Crippen LogP contribution in [0.25, 0.3) is 6.08 Å². The molecule has 2 aliphatic rings. The molecular formula is C14H16S2. The van der Waals surface area contributed by atoms with E-state index in [0.717, 1.165) is 0 Å². The van der Waals surface area contributed by atoms with Crippen LogP contribution in [0.5, 0.6) is 0 Å². The van der Waals surface area contributed by atoms with Crippen molar-refractivity contribution in [3.63, 3.8) is 0 Å². The van der Waals surface area contributed by atoms with Gasteiger partial charge in [-0.05, 0) is 42.0 Å². The summed E-state index contributed by atoms with van der Waals surface area (Å²) in [5.74, 6) is 2.62. The first-order valence-corrected chi connectivity index (χ1v) is 7.85. The average molecular weight is 248 g/mol. The third-order valence-electron chi connectivity index (χ3n) is 3.49. The Kier molecular flexibility index (Phi) is 2.80. The third-order valence-corrected chi connectivity index (χ3v) is 7.05. The Morgan fingerprint density at radius 3 is 2.81 bits per heavy atom. The minimum absolute atomic E-state index is 0.382. The number of thioether (sulfide) groups is 2. The molecule has 84 valence electrons. The van der Waals surface area contributed by atoms with Gasteiger partial charge >= 0.3 is 0 Å². The number of fused-ring (bicyclic) bond motifs is 2. The smallest absolute Gasteiger partial charge is 0.0863 e. The molecule has 0 amide bonds. The molecule has 0 nitrogen and oxygen atoms in total. The summed E-state index contributed by atoms with van der Waals surface area (Å²) < 4.78 is 0.382. The Hall–Kier alpha value is -0.340. The zero-order chi connectivity index (χ0) is 11.0. The molecule has 16 heavy (non-hydrogen) atoms. The van der Waals surface area contributed by atoms with Gasteiger partial charge in [0, 0.05) is 11.5 Å². The van der Waals surface area contributed by atoms with Gasteiger partial charge in [-0.2, -0.15) is 0 Å². The van der Waals surface area contributed by atoms with E-state index in [0.29, 0.717) is 4.08 Å². The fraction of sp³-hybridized carbons (Fsp3) is 0.429. The largest absolute Gasteiger partial charge is 0.139 e. The number of hydrogen-bond donors (Lipinski definition) is 0. The van der Waals surface area contributed by atoms with Crippen LogP contribution in [0.1, 0.15) is 29.5 Å². The first kappa shape index (κ1) is 10.8. The normalized spacial score (nSPS) is 22.0. The van der Waals surface area contributed by atoms with E-state index in [-0.39, 0.29) is 0 Å². The molecule has 1 spiro atoms. The molecule has 2 heteroatoms. The first-order chi connectivity index (χ1) is 7.84. The number of hydrogen-bond acceptors (Lipinski definition) is 2. The quantitative estimate of drug-likeness (QED) is 0.727. The van der Waals surface area contributed by atoms with Crippen molar-refractivity contribution in [2.24, 2.45) is 0 Å². The van der Waals surface area contributed by atoms with Crippen molar-refractivity contribution in [2.45, 2.75) is 23.3 Å². The molecule has 1 fully saturated rings. The zero-order valence-electron chi connectivity index (χ0n) is 9.37. The molecule has 0 radical (unpaired) electrons. The summed E-state index contributed by atoms with van der Waals surface area (Å²) in [5.41, 5.74) is 4.43. The molecule has 1 aliphatic carbocycles. The van der Waals surface area contributed by atoms with E-state index in [2.05, 4.69) is 48.3 Å². The van der Waals surface area contributed by atoms with Gasteiger partial charge in [0.05, 0.1) is 4.08 Å². The summed E-state index contributed by atoms with van der Waals surface area (Å²) in [6.45, 7) is 3.88. The highest BCUT2D eigenvalue weighted by atomic mass is 32.2. The van der Waals surface area contributed by atoms with Crippen LogP contribution in [-0.2, 0) is 10.5 Å². The van der Waals surface area contributed by atoms with Crippen LogP contribution in [0.4, 0.5) is 0 Å². The molecule has 1 heterocycles. The van der Waals surface area contributed by atoms with Crippen molar-refractivity contribution >= 4 is 29.6 Å². The van der Waals surface area contributed by atoms with E-state index in [4.69, 9.17) is 0 Å². The van der Waals surface area contributed by atoms with Crippen molar-refractivity contribution in [3.8, 4) is 0 Å². The second-order valence-electron chi connectivity index (χ2n) is 4.42. The molecule has 1 aromatic rings. The summed E-state index contributed by atoms with van der Waals surface area (Å²) >= 11 is 4.31. The lowest BCUT2D eigenvalue weighted by atomic mass is 9.89. The summed E-state index contributed by atoms with van der Waals surface area (Å²) in [4.78, 5) is 0. The minimum Gasteiger partial charge on any atom is -0.139 e. The van der Waals surface area contributed by atoms with Crippen LogP contribution in [0, 0.1) is 0 Å². The molecule has 0 saturated carbocycles. The van der Waals surface area contributed by atoms with Gasteiger partial charge in [-0.1, -0.05) is 24.8 Å². The van der Waals surface area contributed by atoms with E-state index in [1.807, 2.05) is 6.08 Å². The second kappa shape index (κ2) is 4.15. The molecule has 1 aromatic carbocycles. The maximum atomic E-state index is 3.88. The van der Waals surface area contributed by atoms with Crippen molar-refractivity contribution in [3.05, 3.63) is 41.5 Å². The Morgan fingerprint density at radius 1 is 1.25 bits per heavy atom. The fourth-order valence-corrected chi connectivity index (χ4v) is 6.12. The van der Waals surface area contributed by atoms with Crippen molar-refractivity contribution in [2.75, 3.05) is 11.5 Å².